The second kappa shape index (κ2) is 10.0. The topological polar surface area (TPSA) is 105 Å². The first-order chi connectivity index (χ1) is 16.8. The number of alkyl carbamates (subject to hydrolysis) is 1. The largest absolute Gasteiger partial charge is 0.481 e. The van der Waals surface area contributed by atoms with Crippen LogP contribution in [-0.2, 0) is 14.3 Å². The molecule has 3 aromatic carbocycles. The van der Waals surface area contributed by atoms with Gasteiger partial charge in [-0.15, -0.1) is 0 Å². The van der Waals surface area contributed by atoms with Crippen molar-refractivity contribution >= 4 is 18.0 Å². The van der Waals surface area contributed by atoms with Crippen molar-refractivity contribution in [1.29, 1.82) is 0 Å². The Morgan fingerprint density at radius 2 is 1.43 bits per heavy atom. The number of carbonyl (C=O) groups is 3. The molecule has 180 valence electrons. The molecule has 0 aromatic heterocycles. The Morgan fingerprint density at radius 1 is 0.886 bits per heavy atom. The van der Waals surface area contributed by atoms with Crippen LogP contribution >= 0.6 is 0 Å². The highest BCUT2D eigenvalue weighted by Crippen LogP contribution is 2.44. The van der Waals surface area contributed by atoms with Gasteiger partial charge in [0.1, 0.15) is 12.6 Å². The summed E-state index contributed by atoms with van der Waals surface area (Å²) < 4.78 is 5.60. The molecule has 3 aromatic rings. The highest BCUT2D eigenvalue weighted by atomic mass is 16.5. The highest BCUT2D eigenvalue weighted by Gasteiger charge is 2.32. The van der Waals surface area contributed by atoms with Crippen molar-refractivity contribution in [2.24, 2.45) is 5.41 Å². The lowest BCUT2D eigenvalue weighted by Crippen LogP contribution is -2.45. The van der Waals surface area contributed by atoms with Gasteiger partial charge in [0.2, 0.25) is 5.91 Å². The van der Waals surface area contributed by atoms with Crippen molar-refractivity contribution in [2.45, 2.75) is 25.8 Å². The molecule has 0 fully saturated rings. The Kier molecular flexibility index (Phi) is 6.87. The van der Waals surface area contributed by atoms with Gasteiger partial charge < -0.3 is 20.5 Å². The first-order valence-corrected chi connectivity index (χ1v) is 11.5. The summed E-state index contributed by atoms with van der Waals surface area (Å²) in [7, 11) is 0. The molecular formula is C28H28N2O5. The maximum atomic E-state index is 13.0. The number of ether oxygens (including phenoxy) is 1. The minimum atomic E-state index is -1.15. The number of hydrogen-bond acceptors (Lipinski definition) is 4. The summed E-state index contributed by atoms with van der Waals surface area (Å²) in [6, 6.07) is 23.8. The van der Waals surface area contributed by atoms with Gasteiger partial charge in [0.05, 0.1) is 5.41 Å². The van der Waals surface area contributed by atoms with E-state index in [2.05, 4.69) is 22.8 Å². The van der Waals surface area contributed by atoms with E-state index in [0.29, 0.717) is 5.56 Å². The van der Waals surface area contributed by atoms with E-state index in [1.54, 1.807) is 30.3 Å². The first-order valence-electron chi connectivity index (χ1n) is 11.5. The number of aliphatic carboxylic acids is 1. The van der Waals surface area contributed by atoms with Crippen LogP contribution in [0.2, 0.25) is 0 Å². The van der Waals surface area contributed by atoms with Crippen LogP contribution in [0.15, 0.2) is 78.9 Å². The number of carbonyl (C=O) groups excluding carboxylic acids is 2. The highest BCUT2D eigenvalue weighted by molar-refractivity contribution is 5.87. The maximum absolute atomic E-state index is 13.0. The lowest BCUT2D eigenvalue weighted by molar-refractivity contribution is -0.146. The van der Waals surface area contributed by atoms with E-state index in [-0.39, 0.29) is 19.1 Å². The standard InChI is InChI=1S/C28H28N2O5/c1-28(2,26(32)33)17-29-25(31)24(18-10-4-3-5-11-18)30-27(34)35-16-23-21-14-8-6-12-19(21)20-13-7-9-15-22(20)23/h3-15,23-24H,16-17H2,1-2H3,(H,29,31)(H,30,34)(H,32,33). The van der Waals surface area contributed by atoms with Crippen LogP contribution in [0.25, 0.3) is 11.1 Å². The molecule has 0 saturated heterocycles. The van der Waals surface area contributed by atoms with E-state index in [1.807, 2.05) is 36.4 Å². The number of amides is 2. The summed E-state index contributed by atoms with van der Waals surface area (Å²) in [4.78, 5) is 37.2. The number of carboxylic acids is 1. The van der Waals surface area contributed by atoms with Crippen LogP contribution < -0.4 is 10.6 Å². The summed E-state index contributed by atoms with van der Waals surface area (Å²) in [5.74, 6) is -1.65. The van der Waals surface area contributed by atoms with E-state index in [0.717, 1.165) is 22.3 Å². The Bertz CT molecular complexity index is 1190. The van der Waals surface area contributed by atoms with Crippen LogP contribution in [-0.4, -0.2) is 36.2 Å². The lowest BCUT2D eigenvalue weighted by atomic mass is 9.93. The summed E-state index contributed by atoms with van der Waals surface area (Å²) in [5, 5.41) is 14.6. The van der Waals surface area contributed by atoms with E-state index in [4.69, 9.17) is 4.74 Å². The average molecular weight is 473 g/mol. The molecule has 1 aliphatic carbocycles. The number of nitrogens with one attached hydrogen (secondary N) is 2. The van der Waals surface area contributed by atoms with Gasteiger partial charge in [-0.25, -0.2) is 4.79 Å². The quantitative estimate of drug-likeness (QED) is 0.448. The molecule has 0 spiro atoms. The smallest absolute Gasteiger partial charge is 0.408 e. The number of carboxylic acid groups (broad SMARTS) is 1. The molecule has 1 aliphatic rings. The number of hydrogen-bond donors (Lipinski definition) is 3. The number of rotatable bonds is 8. The third-order valence-electron chi connectivity index (χ3n) is 6.28. The van der Waals surface area contributed by atoms with Gasteiger partial charge in [-0.05, 0) is 41.7 Å². The zero-order chi connectivity index (χ0) is 25.0. The van der Waals surface area contributed by atoms with Crippen molar-refractivity contribution in [2.75, 3.05) is 13.2 Å². The van der Waals surface area contributed by atoms with Crippen LogP contribution in [0.4, 0.5) is 4.79 Å². The van der Waals surface area contributed by atoms with Crippen LogP contribution in [0, 0.1) is 5.41 Å². The Balaban J connectivity index is 1.46. The second-order valence-corrected chi connectivity index (χ2v) is 9.22. The van der Waals surface area contributed by atoms with Crippen LogP contribution in [0.5, 0.6) is 0 Å². The van der Waals surface area contributed by atoms with Crippen molar-refractivity contribution in [1.82, 2.24) is 10.6 Å². The molecule has 0 aliphatic heterocycles. The third kappa shape index (κ3) is 5.19. The zero-order valence-electron chi connectivity index (χ0n) is 19.7. The van der Waals surface area contributed by atoms with Crippen LogP contribution in [0.1, 0.15) is 42.5 Å². The van der Waals surface area contributed by atoms with E-state index in [1.165, 1.54) is 13.8 Å². The van der Waals surface area contributed by atoms with Crippen molar-refractivity contribution in [3.05, 3.63) is 95.6 Å². The van der Waals surface area contributed by atoms with Gasteiger partial charge >= 0.3 is 12.1 Å². The molecule has 3 N–H and O–H groups in total. The molecule has 35 heavy (non-hydrogen) atoms. The summed E-state index contributed by atoms with van der Waals surface area (Å²) in [6.07, 6.45) is -0.728. The monoisotopic (exact) mass is 472 g/mol. The SMILES string of the molecule is CC(C)(CNC(=O)C(NC(=O)OCC1c2ccccc2-c2ccccc21)c1ccccc1)C(=O)O. The summed E-state index contributed by atoms with van der Waals surface area (Å²) in [5.41, 5.74) is 3.84. The third-order valence-corrected chi connectivity index (χ3v) is 6.28. The number of benzene rings is 3. The molecule has 7 nitrogen and oxygen atoms in total. The second-order valence-electron chi connectivity index (χ2n) is 9.22. The summed E-state index contributed by atoms with van der Waals surface area (Å²) in [6.45, 7) is 3.07. The average Bonchev–Trinajstić information content (AvgIpc) is 3.19. The Labute approximate surface area is 204 Å². The zero-order valence-corrected chi connectivity index (χ0v) is 19.7. The van der Waals surface area contributed by atoms with Crippen molar-refractivity contribution in [3.8, 4) is 11.1 Å². The minimum absolute atomic E-state index is 0.0864. The molecule has 0 heterocycles. The molecule has 2 amide bonds. The number of fused-ring (bicyclic) bond motifs is 3. The molecule has 0 saturated carbocycles. The van der Waals surface area contributed by atoms with Gasteiger partial charge in [0.15, 0.2) is 0 Å². The van der Waals surface area contributed by atoms with E-state index in [9.17, 15) is 19.5 Å². The molecule has 1 atom stereocenters. The first kappa shape index (κ1) is 24.0. The molecule has 7 heteroatoms. The normalized spacial score (nSPS) is 13.3. The minimum Gasteiger partial charge on any atom is -0.481 e. The fourth-order valence-electron chi connectivity index (χ4n) is 4.19. The molecule has 1 unspecified atom stereocenters. The fraction of sp³-hybridized carbons (Fsp3) is 0.250. The molecule has 0 radical (unpaired) electrons. The lowest BCUT2D eigenvalue weighted by Gasteiger charge is -2.23. The Morgan fingerprint density at radius 3 is 2.00 bits per heavy atom. The van der Waals surface area contributed by atoms with Crippen molar-refractivity contribution < 1.29 is 24.2 Å². The van der Waals surface area contributed by atoms with Gasteiger partial charge in [0, 0.05) is 12.5 Å². The summed E-state index contributed by atoms with van der Waals surface area (Å²) >= 11 is 0. The molecular weight excluding hydrogens is 444 g/mol. The Hall–Kier alpha value is -4.13. The predicted octanol–water partition coefficient (Wildman–Crippen LogP) is 4.49. The van der Waals surface area contributed by atoms with Gasteiger partial charge in [-0.1, -0.05) is 78.9 Å². The fourth-order valence-corrected chi connectivity index (χ4v) is 4.19. The van der Waals surface area contributed by atoms with Gasteiger partial charge in [0.25, 0.3) is 0 Å². The van der Waals surface area contributed by atoms with Crippen LogP contribution in [0.3, 0.4) is 0 Å². The predicted molar refractivity (Wildman–Crippen MR) is 132 cm³/mol. The van der Waals surface area contributed by atoms with Gasteiger partial charge in [-0.3, -0.25) is 9.59 Å². The molecule has 0 bridgehead atoms. The van der Waals surface area contributed by atoms with E-state index < -0.39 is 29.4 Å². The molecule has 4 rings (SSSR count). The van der Waals surface area contributed by atoms with E-state index >= 15 is 0 Å². The van der Waals surface area contributed by atoms with Gasteiger partial charge in [-0.2, -0.15) is 0 Å². The van der Waals surface area contributed by atoms with Crippen molar-refractivity contribution in [3.63, 3.8) is 0 Å². The maximum Gasteiger partial charge on any atom is 0.408 e.